The van der Waals surface area contributed by atoms with Gasteiger partial charge in [0.1, 0.15) is 18.0 Å². The van der Waals surface area contributed by atoms with Crippen molar-refractivity contribution < 1.29 is 41.0 Å². The average Bonchev–Trinajstić information content (AvgIpc) is 3.69. The van der Waals surface area contributed by atoms with Crippen LogP contribution in [0.5, 0.6) is 6.01 Å². The Balaban J connectivity index is 1.28. The van der Waals surface area contributed by atoms with E-state index < -0.39 is 63.5 Å². The third kappa shape index (κ3) is 5.72. The summed E-state index contributed by atoms with van der Waals surface area (Å²) in [4.78, 5) is 38.2. The molecule has 2 aromatic rings. The lowest BCUT2D eigenvalue weighted by molar-refractivity contribution is -0.140. The summed E-state index contributed by atoms with van der Waals surface area (Å²) in [6.07, 6.45) is -3.05. The molecule has 0 saturated carbocycles. The van der Waals surface area contributed by atoms with Crippen molar-refractivity contribution in [3.05, 3.63) is 51.7 Å². The van der Waals surface area contributed by atoms with Gasteiger partial charge in [0, 0.05) is 36.2 Å². The molecule has 4 fully saturated rings. The molecule has 4 N–H and O–H groups in total. The fourth-order valence-electron chi connectivity index (χ4n) is 7.99. The number of imide groups is 1. The molecule has 6 heterocycles. The zero-order chi connectivity index (χ0) is 34.7. The van der Waals surface area contributed by atoms with Crippen LogP contribution in [-0.2, 0) is 28.7 Å². The van der Waals surface area contributed by atoms with Crippen LogP contribution in [0.15, 0.2) is 18.0 Å². The fraction of sp³-hybridized carbons (Fsp3) is 0.515. The Labute approximate surface area is 278 Å². The van der Waals surface area contributed by atoms with Crippen molar-refractivity contribution in [2.45, 2.75) is 75.4 Å². The van der Waals surface area contributed by atoms with Crippen molar-refractivity contribution in [2.75, 3.05) is 43.4 Å². The minimum absolute atomic E-state index is 0.0559. The predicted octanol–water partition coefficient (Wildman–Crippen LogP) is 4.05. The number of halogens is 5. The van der Waals surface area contributed by atoms with Crippen LogP contribution in [0.1, 0.15) is 73.1 Å². The smallest absolute Gasteiger partial charge is 0.418 e. The molecule has 0 bridgehead atoms. The Morgan fingerprint density at radius 1 is 1.22 bits per heavy atom. The summed E-state index contributed by atoms with van der Waals surface area (Å²) in [6, 6.07) is 0.181. The highest BCUT2D eigenvalue weighted by molar-refractivity contribution is 6.07. The van der Waals surface area contributed by atoms with E-state index in [9.17, 15) is 27.2 Å². The maximum atomic E-state index is 15.6. The van der Waals surface area contributed by atoms with E-state index in [0.717, 1.165) is 25.5 Å². The molecule has 0 unspecified atom stereocenters. The van der Waals surface area contributed by atoms with Crippen molar-refractivity contribution in [1.29, 1.82) is 0 Å². The van der Waals surface area contributed by atoms with Gasteiger partial charge in [-0.3, -0.25) is 15.0 Å². The lowest BCUT2D eigenvalue weighted by atomic mass is 9.88. The number of urea groups is 1. The first-order valence-corrected chi connectivity index (χ1v) is 16.0. The Bertz CT molecular complexity index is 1820. The topological polar surface area (TPSA) is 135 Å². The standard InChI is InChI=1S/C33H34F5N7O4/c1-2-5-19-10-21(39)26(35)24(25(19)33(36,37)38)23-11-22-20(15-48-23)27(44-8-4-7-32(16-44)28(46)42-29(47)43-32)41-30(40-22)49-17-31-6-3-9-45(31)14-18(12-31)13-34/h10,13,23H,3-4,6-9,11-12,14-17,39H2,1H3,(H2,42,43,46,47)/b18-13+/t23-,31-,32+/m0/s1. The molecule has 11 nitrogen and oxygen atoms in total. The largest absolute Gasteiger partial charge is 0.461 e. The molecule has 1 spiro atoms. The van der Waals surface area contributed by atoms with Gasteiger partial charge in [-0.15, -0.1) is 5.92 Å². The second kappa shape index (κ2) is 12.1. The fourth-order valence-corrected chi connectivity index (χ4v) is 7.99. The van der Waals surface area contributed by atoms with Crippen LogP contribution in [0.2, 0.25) is 0 Å². The maximum Gasteiger partial charge on any atom is 0.418 e. The van der Waals surface area contributed by atoms with Crippen LogP contribution in [0.3, 0.4) is 0 Å². The number of benzene rings is 1. The number of hydrogen-bond donors (Lipinski definition) is 3. The third-order valence-electron chi connectivity index (χ3n) is 10.2. The zero-order valence-electron chi connectivity index (χ0n) is 26.6. The number of nitrogens with two attached hydrogens (primary N) is 1. The zero-order valence-corrected chi connectivity index (χ0v) is 26.6. The number of nitrogen functional groups attached to an aromatic ring is 1. The Hall–Kier alpha value is -4.49. The van der Waals surface area contributed by atoms with Crippen molar-refractivity contribution in [2.24, 2.45) is 0 Å². The highest BCUT2D eigenvalue weighted by atomic mass is 19.4. The summed E-state index contributed by atoms with van der Waals surface area (Å²) >= 11 is 0. The van der Waals surface area contributed by atoms with Gasteiger partial charge in [0.05, 0.1) is 48.1 Å². The molecule has 0 aliphatic carbocycles. The summed E-state index contributed by atoms with van der Waals surface area (Å²) < 4.78 is 84.8. The number of rotatable bonds is 5. The molecular formula is C33H34F5N7O4. The van der Waals surface area contributed by atoms with Crippen LogP contribution >= 0.6 is 0 Å². The van der Waals surface area contributed by atoms with E-state index in [1.54, 1.807) is 4.90 Å². The lowest BCUT2D eigenvalue weighted by Crippen LogP contribution is -2.59. The molecule has 3 atom stereocenters. The highest BCUT2D eigenvalue weighted by Gasteiger charge is 2.50. The number of nitrogens with zero attached hydrogens (tertiary/aromatic N) is 4. The molecular weight excluding hydrogens is 653 g/mol. The average molecular weight is 688 g/mol. The van der Waals surface area contributed by atoms with Crippen LogP contribution < -0.4 is 26.0 Å². The molecule has 7 rings (SSSR count). The number of fused-ring (bicyclic) bond motifs is 2. The van der Waals surface area contributed by atoms with Crippen molar-refractivity contribution in [1.82, 2.24) is 25.5 Å². The summed E-state index contributed by atoms with van der Waals surface area (Å²) in [5.41, 5.74) is 2.51. The number of aromatic nitrogens is 2. The first kappa shape index (κ1) is 33.0. The van der Waals surface area contributed by atoms with E-state index in [0.29, 0.717) is 55.6 Å². The van der Waals surface area contributed by atoms with Crippen molar-refractivity contribution in [3.8, 4) is 17.9 Å². The van der Waals surface area contributed by atoms with Gasteiger partial charge >= 0.3 is 18.2 Å². The van der Waals surface area contributed by atoms with E-state index in [-0.39, 0.29) is 37.9 Å². The van der Waals surface area contributed by atoms with Gasteiger partial charge in [0.2, 0.25) is 0 Å². The van der Waals surface area contributed by atoms with E-state index in [2.05, 4.69) is 32.4 Å². The molecule has 16 heteroatoms. The number of alkyl halides is 3. The molecule has 4 saturated heterocycles. The van der Waals surface area contributed by atoms with Crippen LogP contribution in [0.4, 0.5) is 38.3 Å². The van der Waals surface area contributed by atoms with Crippen LogP contribution in [0.25, 0.3) is 0 Å². The van der Waals surface area contributed by atoms with Crippen LogP contribution in [0, 0.1) is 17.7 Å². The van der Waals surface area contributed by atoms with E-state index >= 15 is 4.39 Å². The maximum absolute atomic E-state index is 15.6. The first-order valence-electron chi connectivity index (χ1n) is 16.0. The quantitative estimate of drug-likeness (QED) is 0.184. The van der Waals surface area contributed by atoms with Crippen LogP contribution in [-0.4, -0.2) is 70.7 Å². The van der Waals surface area contributed by atoms with Gasteiger partial charge in [-0.05, 0) is 57.2 Å². The Kier molecular flexibility index (Phi) is 8.18. The summed E-state index contributed by atoms with van der Waals surface area (Å²) in [7, 11) is 0. The van der Waals surface area contributed by atoms with Gasteiger partial charge in [-0.25, -0.2) is 13.6 Å². The number of hydrogen-bond acceptors (Lipinski definition) is 9. The van der Waals surface area contributed by atoms with Gasteiger partial charge in [0.15, 0.2) is 5.82 Å². The molecule has 5 aliphatic heterocycles. The minimum Gasteiger partial charge on any atom is -0.461 e. The SMILES string of the molecule is CC#Cc1cc(N)c(F)c([C@@H]2Cc3nc(OC[C@@]45CCCN4C/C(=C/F)C5)nc(N4CCC[C@]5(C4)NC(=O)NC5=O)c3CO2)c1C(F)(F)F. The number of carbonyl (C=O) groups excluding carboxylic acids is 2. The molecule has 5 aliphatic rings. The molecule has 260 valence electrons. The van der Waals surface area contributed by atoms with Crippen molar-refractivity contribution in [3.63, 3.8) is 0 Å². The Morgan fingerprint density at radius 2 is 2.02 bits per heavy atom. The van der Waals surface area contributed by atoms with Gasteiger partial charge in [-0.2, -0.15) is 23.1 Å². The summed E-state index contributed by atoms with van der Waals surface area (Å²) in [6.45, 7) is 2.95. The molecule has 1 aromatic carbocycles. The predicted molar refractivity (Wildman–Crippen MR) is 165 cm³/mol. The molecule has 1 aromatic heterocycles. The van der Waals surface area contributed by atoms with Crippen molar-refractivity contribution >= 4 is 23.4 Å². The van der Waals surface area contributed by atoms with E-state index in [4.69, 9.17) is 20.2 Å². The Morgan fingerprint density at radius 3 is 2.73 bits per heavy atom. The van der Waals surface area contributed by atoms with E-state index in [1.807, 2.05) is 0 Å². The molecule has 0 radical (unpaired) electrons. The number of ether oxygens (including phenoxy) is 2. The molecule has 3 amide bonds. The summed E-state index contributed by atoms with van der Waals surface area (Å²) in [5.74, 6) is 3.42. The monoisotopic (exact) mass is 687 g/mol. The lowest BCUT2D eigenvalue weighted by Gasteiger charge is -2.40. The normalized spacial score (nSPS) is 27.5. The number of nitrogens with one attached hydrogen (secondary N) is 2. The summed E-state index contributed by atoms with van der Waals surface area (Å²) in [5, 5.41) is 5.01. The number of piperidine rings is 1. The van der Waals surface area contributed by atoms with Gasteiger partial charge in [-0.1, -0.05) is 5.92 Å². The van der Waals surface area contributed by atoms with Gasteiger partial charge < -0.3 is 25.4 Å². The second-order valence-electron chi connectivity index (χ2n) is 13.2. The minimum atomic E-state index is -4.98. The van der Waals surface area contributed by atoms with E-state index in [1.165, 1.54) is 6.92 Å². The number of anilines is 2. The number of carbonyl (C=O) groups is 2. The number of amides is 3. The molecule has 49 heavy (non-hydrogen) atoms. The second-order valence-corrected chi connectivity index (χ2v) is 13.2. The third-order valence-corrected chi connectivity index (χ3v) is 10.2. The first-order chi connectivity index (χ1) is 23.4. The highest BCUT2D eigenvalue weighted by Crippen LogP contribution is 2.46. The van der Waals surface area contributed by atoms with Gasteiger partial charge in [0.25, 0.3) is 5.91 Å².